The molecule has 1 atom stereocenters. The summed E-state index contributed by atoms with van der Waals surface area (Å²) in [5.41, 5.74) is 0.580. The van der Waals surface area contributed by atoms with Crippen molar-refractivity contribution in [1.29, 1.82) is 0 Å². The van der Waals surface area contributed by atoms with Crippen molar-refractivity contribution in [3.8, 4) is 0 Å². The Balaban J connectivity index is 2.64. The molecule has 1 unspecified atom stereocenters. The Morgan fingerprint density at radius 1 is 1.21 bits per heavy atom. The van der Waals surface area contributed by atoms with Crippen molar-refractivity contribution in [1.82, 2.24) is 5.32 Å². The second-order valence-corrected chi connectivity index (χ2v) is 5.57. The molecule has 0 aliphatic carbocycles. The zero-order valence-electron chi connectivity index (χ0n) is 11.9. The van der Waals surface area contributed by atoms with Gasteiger partial charge in [-0.3, -0.25) is 4.79 Å². The van der Waals surface area contributed by atoms with Crippen LogP contribution in [-0.4, -0.2) is 23.5 Å². The molecule has 0 aliphatic heterocycles. The van der Waals surface area contributed by atoms with Crippen LogP contribution in [0, 0.1) is 0 Å². The van der Waals surface area contributed by atoms with Gasteiger partial charge in [0, 0.05) is 12.0 Å². The summed E-state index contributed by atoms with van der Waals surface area (Å²) in [5, 5.41) is 2.68. The van der Waals surface area contributed by atoms with E-state index in [-0.39, 0.29) is 11.3 Å². The molecule has 0 saturated carbocycles. The number of benzene rings is 1. The topological polar surface area (TPSA) is 55.4 Å². The van der Waals surface area contributed by atoms with E-state index in [2.05, 4.69) is 5.32 Å². The number of ketones is 1. The van der Waals surface area contributed by atoms with E-state index in [9.17, 15) is 9.59 Å². The molecular weight excluding hydrogens is 242 g/mol. The number of alkyl carbamates (subject to hydrolysis) is 1. The van der Waals surface area contributed by atoms with Crippen LogP contribution in [0.1, 0.15) is 33.3 Å². The van der Waals surface area contributed by atoms with Crippen molar-refractivity contribution < 1.29 is 14.3 Å². The molecule has 104 valence electrons. The van der Waals surface area contributed by atoms with Gasteiger partial charge in [0.2, 0.25) is 0 Å². The van der Waals surface area contributed by atoms with Crippen LogP contribution in [0.25, 0.3) is 0 Å². The molecule has 0 radical (unpaired) electrons. The summed E-state index contributed by atoms with van der Waals surface area (Å²) >= 11 is 0. The summed E-state index contributed by atoms with van der Waals surface area (Å²) in [6, 6.07) is 9.49. The summed E-state index contributed by atoms with van der Waals surface area (Å²) < 4.78 is 5.19. The van der Waals surface area contributed by atoms with Gasteiger partial charge in [0.05, 0.1) is 0 Å². The van der Waals surface area contributed by atoms with Gasteiger partial charge in [0.15, 0.2) is 11.9 Å². The molecule has 0 aromatic heterocycles. The van der Waals surface area contributed by atoms with Gasteiger partial charge in [-0.05, 0) is 33.3 Å². The number of hydrogen-bond donors (Lipinski definition) is 1. The van der Waals surface area contributed by atoms with Gasteiger partial charge in [-0.2, -0.15) is 0 Å². The minimum atomic E-state index is -0.746. The fourth-order valence-corrected chi connectivity index (χ4v) is 1.56. The lowest BCUT2D eigenvalue weighted by molar-refractivity contribution is -0.125. The van der Waals surface area contributed by atoms with Crippen LogP contribution in [0.15, 0.2) is 30.3 Å². The fraction of sp³-hybridized carbons (Fsp3) is 0.467. The molecule has 1 aromatic rings. The van der Waals surface area contributed by atoms with Crippen LogP contribution in [0.3, 0.4) is 0 Å². The molecule has 0 spiro atoms. The van der Waals surface area contributed by atoms with E-state index in [0.29, 0.717) is 6.42 Å². The third-order valence-electron chi connectivity index (χ3n) is 2.44. The second-order valence-electron chi connectivity index (χ2n) is 5.57. The van der Waals surface area contributed by atoms with Gasteiger partial charge in [-0.25, -0.2) is 4.79 Å². The van der Waals surface area contributed by atoms with Gasteiger partial charge in [0.25, 0.3) is 0 Å². The van der Waals surface area contributed by atoms with Crippen molar-refractivity contribution in [3.05, 3.63) is 35.9 Å². The number of nitrogens with one attached hydrogen (secondary N) is 1. The minimum Gasteiger partial charge on any atom is -0.438 e. The molecule has 1 N–H and O–H groups in total. The maximum absolute atomic E-state index is 11.7. The van der Waals surface area contributed by atoms with E-state index in [1.54, 1.807) is 0 Å². The molecule has 1 rings (SSSR count). The Kier molecular flexibility index (Phi) is 5.10. The van der Waals surface area contributed by atoms with Crippen molar-refractivity contribution in [3.63, 3.8) is 0 Å². The predicted molar refractivity (Wildman–Crippen MR) is 74.0 cm³/mol. The summed E-state index contributed by atoms with van der Waals surface area (Å²) in [5.74, 6) is -0.159. The van der Waals surface area contributed by atoms with Crippen LogP contribution in [0.4, 0.5) is 4.79 Å². The third-order valence-corrected chi connectivity index (χ3v) is 2.44. The summed E-state index contributed by atoms with van der Waals surface area (Å²) in [7, 11) is 0. The Morgan fingerprint density at radius 3 is 2.26 bits per heavy atom. The Morgan fingerprint density at radius 2 is 1.79 bits per heavy atom. The first-order valence-corrected chi connectivity index (χ1v) is 6.31. The first-order valence-electron chi connectivity index (χ1n) is 6.31. The van der Waals surface area contributed by atoms with Gasteiger partial charge in [0.1, 0.15) is 0 Å². The first kappa shape index (κ1) is 15.2. The number of carbonyl (C=O) groups is 2. The molecule has 0 bridgehead atoms. The van der Waals surface area contributed by atoms with Gasteiger partial charge in [-0.1, -0.05) is 30.3 Å². The largest absolute Gasteiger partial charge is 0.438 e. The van der Waals surface area contributed by atoms with Crippen molar-refractivity contribution in [2.45, 2.75) is 45.8 Å². The fourth-order valence-electron chi connectivity index (χ4n) is 1.56. The van der Waals surface area contributed by atoms with Crippen LogP contribution in [0.5, 0.6) is 0 Å². The quantitative estimate of drug-likeness (QED) is 0.908. The molecule has 4 heteroatoms. The number of amides is 1. The van der Waals surface area contributed by atoms with Crippen molar-refractivity contribution in [2.75, 3.05) is 0 Å². The van der Waals surface area contributed by atoms with E-state index in [4.69, 9.17) is 4.74 Å². The Labute approximate surface area is 114 Å². The molecule has 0 heterocycles. The lowest BCUT2D eigenvalue weighted by atomic mass is 10.1. The third kappa shape index (κ3) is 6.04. The number of carbonyl (C=O) groups excluding carboxylic acids is 2. The normalized spacial score (nSPS) is 12.6. The SMILES string of the molecule is CC(=O)C(Cc1ccccc1)OC(=O)NC(C)(C)C. The average Bonchev–Trinajstić information content (AvgIpc) is 2.26. The summed E-state index contributed by atoms with van der Waals surface area (Å²) in [6.07, 6.45) is -0.915. The second kappa shape index (κ2) is 6.36. The van der Waals surface area contributed by atoms with E-state index in [1.165, 1.54) is 6.92 Å². The van der Waals surface area contributed by atoms with Crippen molar-refractivity contribution >= 4 is 11.9 Å². The van der Waals surface area contributed by atoms with E-state index >= 15 is 0 Å². The van der Waals surface area contributed by atoms with Crippen LogP contribution in [0.2, 0.25) is 0 Å². The summed E-state index contributed by atoms with van der Waals surface area (Å²) in [4.78, 5) is 23.2. The molecule has 1 aromatic carbocycles. The molecule has 0 fully saturated rings. The van der Waals surface area contributed by atoms with Gasteiger partial charge >= 0.3 is 6.09 Å². The van der Waals surface area contributed by atoms with Crippen molar-refractivity contribution in [2.24, 2.45) is 0 Å². The molecule has 0 aliphatic rings. The molecule has 4 nitrogen and oxygen atoms in total. The standard InChI is InChI=1S/C15H21NO3/c1-11(17)13(10-12-8-6-5-7-9-12)19-14(18)16-15(2,3)4/h5-9,13H,10H2,1-4H3,(H,16,18). The Bertz CT molecular complexity index is 434. The highest BCUT2D eigenvalue weighted by atomic mass is 16.6. The molecule has 1 amide bonds. The number of ether oxygens (including phenoxy) is 1. The van der Waals surface area contributed by atoms with Crippen LogP contribution < -0.4 is 5.32 Å². The highest BCUT2D eigenvalue weighted by Crippen LogP contribution is 2.08. The zero-order valence-corrected chi connectivity index (χ0v) is 11.9. The number of rotatable bonds is 4. The van der Waals surface area contributed by atoms with Gasteiger partial charge < -0.3 is 10.1 Å². The van der Waals surface area contributed by atoms with Gasteiger partial charge in [-0.15, -0.1) is 0 Å². The zero-order chi connectivity index (χ0) is 14.5. The maximum Gasteiger partial charge on any atom is 0.408 e. The average molecular weight is 263 g/mol. The molecular formula is C15H21NO3. The number of Topliss-reactive ketones (excluding diaryl/α,β-unsaturated/α-hetero) is 1. The smallest absolute Gasteiger partial charge is 0.408 e. The lowest BCUT2D eigenvalue weighted by Gasteiger charge is -2.22. The van der Waals surface area contributed by atoms with Crippen LogP contribution >= 0.6 is 0 Å². The maximum atomic E-state index is 11.7. The highest BCUT2D eigenvalue weighted by molar-refractivity contribution is 5.83. The molecule has 0 saturated heterocycles. The Hall–Kier alpha value is -1.84. The minimum absolute atomic E-state index is 0.159. The van der Waals surface area contributed by atoms with Crippen LogP contribution in [-0.2, 0) is 16.0 Å². The predicted octanol–water partition coefficient (Wildman–Crippen LogP) is 2.71. The van der Waals surface area contributed by atoms with E-state index in [0.717, 1.165) is 5.56 Å². The summed E-state index contributed by atoms with van der Waals surface area (Å²) in [6.45, 7) is 6.99. The van der Waals surface area contributed by atoms with E-state index in [1.807, 2.05) is 51.1 Å². The van der Waals surface area contributed by atoms with E-state index < -0.39 is 12.2 Å². The molecule has 19 heavy (non-hydrogen) atoms. The number of hydrogen-bond acceptors (Lipinski definition) is 3. The first-order chi connectivity index (χ1) is 8.78. The highest BCUT2D eigenvalue weighted by Gasteiger charge is 2.22. The lowest BCUT2D eigenvalue weighted by Crippen LogP contribution is -2.43. The monoisotopic (exact) mass is 263 g/mol.